The highest BCUT2D eigenvalue weighted by molar-refractivity contribution is 6.75. The maximum Gasteiger partial charge on any atom is 0.192 e. The van der Waals surface area contributed by atoms with Gasteiger partial charge in [0.05, 0.1) is 12.7 Å². The highest BCUT2D eigenvalue weighted by atomic mass is 28.4. The number of rotatable bonds is 8. The largest absolute Gasteiger partial charge is 0.413 e. The first-order chi connectivity index (χ1) is 14.3. The predicted molar refractivity (Wildman–Crippen MR) is 147 cm³/mol. The molecule has 1 aliphatic heterocycles. The van der Waals surface area contributed by atoms with Crippen LogP contribution in [0, 0.1) is 0 Å². The van der Waals surface area contributed by atoms with Crippen LogP contribution in [0.1, 0.15) is 62.3 Å². The van der Waals surface area contributed by atoms with E-state index in [0.29, 0.717) is 0 Å². The van der Waals surface area contributed by atoms with Gasteiger partial charge in [-0.15, -0.1) is 0 Å². The lowest BCUT2D eigenvalue weighted by Gasteiger charge is -2.46. The van der Waals surface area contributed by atoms with Gasteiger partial charge in [-0.25, -0.2) is 0 Å². The molecule has 0 spiro atoms. The van der Waals surface area contributed by atoms with Crippen molar-refractivity contribution in [2.45, 2.75) is 141 Å². The molecule has 1 unspecified atom stereocenters. The molecule has 192 valence electrons. The Morgan fingerprint density at radius 3 is 1.55 bits per heavy atom. The summed E-state index contributed by atoms with van der Waals surface area (Å²) < 4.78 is 26.4. The van der Waals surface area contributed by atoms with Gasteiger partial charge in [-0.1, -0.05) is 62.3 Å². The Hall–Kier alpha value is 0.226. The SMILES string of the molecule is [B][C@@H]1O[C@](C=O)(CO[Si](C)(C)C(C)(C)C)[C@@H](O[Si](C)(C)C(C)(C)C)C1O[Si](C)(C)C(C)(C)C. The van der Waals surface area contributed by atoms with Crippen molar-refractivity contribution < 1.29 is 22.8 Å². The highest BCUT2D eigenvalue weighted by Gasteiger charge is 2.60. The highest BCUT2D eigenvalue weighted by Crippen LogP contribution is 2.46. The van der Waals surface area contributed by atoms with E-state index in [4.69, 9.17) is 25.9 Å². The molecule has 9 heteroatoms. The van der Waals surface area contributed by atoms with Crippen molar-refractivity contribution in [3.05, 3.63) is 0 Å². The van der Waals surface area contributed by atoms with Crippen LogP contribution in [0.15, 0.2) is 0 Å². The Balaban J connectivity index is 3.49. The van der Waals surface area contributed by atoms with Gasteiger partial charge < -0.3 is 18.0 Å². The molecule has 0 aromatic carbocycles. The Labute approximate surface area is 208 Å². The van der Waals surface area contributed by atoms with Crippen LogP contribution in [0.4, 0.5) is 0 Å². The van der Waals surface area contributed by atoms with Gasteiger partial charge in [0, 0.05) is 6.00 Å². The van der Waals surface area contributed by atoms with E-state index in [9.17, 15) is 4.79 Å². The van der Waals surface area contributed by atoms with Gasteiger partial charge >= 0.3 is 0 Å². The number of carbonyl (C=O) groups excluding carboxylic acids is 1. The van der Waals surface area contributed by atoms with Crippen molar-refractivity contribution >= 4 is 39.1 Å². The quantitative estimate of drug-likeness (QED) is 0.283. The smallest absolute Gasteiger partial charge is 0.192 e. The molecule has 1 fully saturated rings. The van der Waals surface area contributed by atoms with Gasteiger partial charge in [-0.05, 0) is 54.4 Å². The minimum atomic E-state index is -2.28. The lowest BCUT2D eigenvalue weighted by molar-refractivity contribution is -0.140. The van der Waals surface area contributed by atoms with E-state index in [-0.39, 0.29) is 21.7 Å². The topological polar surface area (TPSA) is 54.0 Å². The molecule has 0 aromatic rings. The van der Waals surface area contributed by atoms with Gasteiger partial charge in [0.15, 0.2) is 36.8 Å². The summed E-state index contributed by atoms with van der Waals surface area (Å²) >= 11 is 0. The summed E-state index contributed by atoms with van der Waals surface area (Å²) in [4.78, 5) is 12.7. The molecule has 5 nitrogen and oxygen atoms in total. The third-order valence-electron chi connectivity index (χ3n) is 8.59. The fourth-order valence-corrected chi connectivity index (χ4v) is 6.53. The third-order valence-corrected chi connectivity index (χ3v) is 22.0. The first kappa shape index (κ1) is 31.3. The first-order valence-electron chi connectivity index (χ1n) is 12.2. The average Bonchev–Trinajstić information content (AvgIpc) is 2.82. The van der Waals surface area contributed by atoms with Gasteiger partial charge in [0.25, 0.3) is 0 Å². The lowest BCUT2D eigenvalue weighted by atomic mass is 9.90. The third kappa shape index (κ3) is 6.71. The van der Waals surface area contributed by atoms with E-state index in [0.717, 1.165) is 6.29 Å². The molecule has 4 atom stereocenters. The van der Waals surface area contributed by atoms with Crippen LogP contribution >= 0.6 is 0 Å². The summed E-state index contributed by atoms with van der Waals surface area (Å²) in [5, 5.41) is -0.0565. The summed E-state index contributed by atoms with van der Waals surface area (Å²) in [6.07, 6.45) is -0.301. The minimum absolute atomic E-state index is 0.00458. The van der Waals surface area contributed by atoms with E-state index in [1.165, 1.54) is 0 Å². The van der Waals surface area contributed by atoms with Gasteiger partial charge in [0.1, 0.15) is 14.0 Å². The molecule has 1 heterocycles. The molecule has 1 saturated heterocycles. The standard InChI is InChI=1S/C24H51BO5Si3/c1-21(2,3)31(10,11)27-17-24(16-26)19(30-33(14,15)23(7,8)9)18(20(25)28-24)29-32(12,13)22(4,5)6/h16,18-20H,17H2,1-15H3/t18?,19-,20+,24+/m0/s1. The Bertz CT molecular complexity index is 692. The number of hydrogen-bond donors (Lipinski definition) is 0. The predicted octanol–water partition coefficient (Wildman–Crippen LogP) is 6.25. The molecule has 1 rings (SSSR count). The maximum absolute atomic E-state index is 12.7. The summed E-state index contributed by atoms with van der Waals surface area (Å²) in [5.74, 6) is 0. The molecule has 0 aliphatic carbocycles. The first-order valence-corrected chi connectivity index (χ1v) is 21.0. The Morgan fingerprint density at radius 1 is 0.788 bits per heavy atom. The minimum Gasteiger partial charge on any atom is -0.413 e. The van der Waals surface area contributed by atoms with E-state index in [1.807, 2.05) is 0 Å². The summed E-state index contributed by atoms with van der Waals surface area (Å²) in [6.45, 7) is 32.9. The van der Waals surface area contributed by atoms with Gasteiger partial charge in [-0.2, -0.15) is 0 Å². The molecule has 2 radical (unpaired) electrons. The van der Waals surface area contributed by atoms with E-state index >= 15 is 0 Å². The van der Waals surface area contributed by atoms with Gasteiger partial charge in [0.2, 0.25) is 0 Å². The van der Waals surface area contributed by atoms with E-state index < -0.39 is 48.8 Å². The van der Waals surface area contributed by atoms with Crippen molar-refractivity contribution in [2.24, 2.45) is 0 Å². The zero-order valence-electron chi connectivity index (χ0n) is 24.1. The zero-order chi connectivity index (χ0) is 26.5. The molecule has 0 aromatic heterocycles. The number of aldehydes is 1. The van der Waals surface area contributed by atoms with Crippen molar-refractivity contribution in [1.82, 2.24) is 0 Å². The van der Waals surface area contributed by atoms with Crippen molar-refractivity contribution in [1.29, 1.82) is 0 Å². The van der Waals surface area contributed by atoms with Crippen LogP contribution in [-0.4, -0.2) is 69.5 Å². The molecule has 1 aliphatic rings. The maximum atomic E-state index is 12.7. The van der Waals surface area contributed by atoms with Crippen LogP contribution in [0.25, 0.3) is 0 Å². The number of carbonyl (C=O) groups is 1. The van der Waals surface area contributed by atoms with Crippen LogP contribution in [0.2, 0.25) is 54.4 Å². The summed E-state index contributed by atoms with van der Waals surface area (Å²) in [7, 11) is -0.101. The van der Waals surface area contributed by atoms with Crippen molar-refractivity contribution in [3.8, 4) is 0 Å². The number of hydrogen-bond acceptors (Lipinski definition) is 5. The molecule has 0 amide bonds. The van der Waals surface area contributed by atoms with E-state index in [1.54, 1.807) is 0 Å². The second kappa shape index (κ2) is 9.59. The molecular weight excluding hydrogens is 463 g/mol. The normalized spacial score (nSPS) is 28.3. The second-order valence-electron chi connectivity index (χ2n) is 14.3. The molecular formula is C24H51BO5Si3. The number of ether oxygens (including phenoxy) is 1. The Morgan fingerprint density at radius 2 is 1.18 bits per heavy atom. The summed E-state index contributed by atoms with van der Waals surface area (Å²) in [5.41, 5.74) is -1.29. The van der Waals surface area contributed by atoms with E-state index in [2.05, 4.69) is 102 Å². The molecule has 33 heavy (non-hydrogen) atoms. The lowest BCUT2D eigenvalue weighted by Crippen LogP contribution is -2.59. The van der Waals surface area contributed by atoms with Gasteiger partial charge in [-0.3, -0.25) is 4.79 Å². The van der Waals surface area contributed by atoms with Crippen LogP contribution < -0.4 is 0 Å². The molecule has 0 bridgehead atoms. The Kier molecular flexibility index (Phi) is 9.09. The zero-order valence-corrected chi connectivity index (χ0v) is 27.1. The monoisotopic (exact) mass is 514 g/mol. The van der Waals surface area contributed by atoms with Crippen molar-refractivity contribution in [2.75, 3.05) is 6.61 Å². The van der Waals surface area contributed by atoms with Crippen LogP contribution in [0.3, 0.4) is 0 Å². The second-order valence-corrected chi connectivity index (χ2v) is 28.7. The molecule has 0 N–H and O–H groups in total. The fraction of sp³-hybridized carbons (Fsp3) is 0.958. The molecule has 0 saturated carbocycles. The van der Waals surface area contributed by atoms with Crippen LogP contribution in [-0.2, 0) is 22.8 Å². The van der Waals surface area contributed by atoms with Crippen LogP contribution in [0.5, 0.6) is 0 Å². The average molecular weight is 515 g/mol. The fourth-order valence-electron chi connectivity index (χ4n) is 2.90. The summed E-state index contributed by atoms with van der Waals surface area (Å²) in [6, 6.07) is -0.762. The van der Waals surface area contributed by atoms with Crippen molar-refractivity contribution in [3.63, 3.8) is 0 Å².